The van der Waals surface area contributed by atoms with Crippen LogP contribution >= 0.6 is 0 Å². The van der Waals surface area contributed by atoms with Crippen LogP contribution in [-0.2, 0) is 11.2 Å². The summed E-state index contributed by atoms with van der Waals surface area (Å²) in [6.07, 6.45) is 6.49. The number of likely N-dealkylation sites (tertiary alicyclic amines) is 1. The second kappa shape index (κ2) is 7.99. The number of aromatic nitrogens is 2. The van der Waals surface area contributed by atoms with Crippen molar-refractivity contribution in [2.24, 2.45) is 17.8 Å². The van der Waals surface area contributed by atoms with E-state index < -0.39 is 5.91 Å². The average molecular weight is 362 g/mol. The van der Waals surface area contributed by atoms with E-state index in [2.05, 4.69) is 9.97 Å². The van der Waals surface area contributed by atoms with Gasteiger partial charge in [-0.2, -0.15) is 0 Å². The normalized spacial score (nSPS) is 24.2. The maximum Gasteiger partial charge on any atom is 0.410 e. The number of fused-ring (bicyclic) bond motifs is 1. The van der Waals surface area contributed by atoms with Crippen LogP contribution < -0.4 is 5.48 Å². The molecule has 0 radical (unpaired) electrons. The highest BCUT2D eigenvalue weighted by molar-refractivity contribution is 5.92. The molecule has 1 aromatic rings. The van der Waals surface area contributed by atoms with Crippen LogP contribution in [0.5, 0.6) is 0 Å². The summed E-state index contributed by atoms with van der Waals surface area (Å²) in [5, 5.41) is 8.59. The lowest BCUT2D eigenvalue weighted by Gasteiger charge is -2.43. The van der Waals surface area contributed by atoms with Crippen LogP contribution in [0.1, 0.15) is 49.3 Å². The fraction of sp³-hybridized carbons (Fsp3) is 0.667. The molecule has 2 N–H and O–H groups in total. The first kappa shape index (κ1) is 18.6. The molecule has 26 heavy (non-hydrogen) atoms. The molecule has 2 heterocycles. The van der Waals surface area contributed by atoms with Crippen molar-refractivity contribution in [3.8, 4) is 0 Å². The van der Waals surface area contributed by atoms with Crippen molar-refractivity contribution in [2.45, 2.75) is 45.6 Å². The van der Waals surface area contributed by atoms with Crippen molar-refractivity contribution < 1.29 is 19.5 Å². The summed E-state index contributed by atoms with van der Waals surface area (Å²) in [5.74, 6) is 1.56. The van der Waals surface area contributed by atoms with Gasteiger partial charge < -0.3 is 9.64 Å². The smallest absolute Gasteiger partial charge is 0.410 e. The van der Waals surface area contributed by atoms with Crippen LogP contribution in [0.15, 0.2) is 12.4 Å². The van der Waals surface area contributed by atoms with Crippen LogP contribution in [0, 0.1) is 17.8 Å². The summed E-state index contributed by atoms with van der Waals surface area (Å²) in [6.45, 7) is 5.34. The van der Waals surface area contributed by atoms with Crippen LogP contribution in [0.2, 0.25) is 0 Å². The molecule has 0 bridgehead atoms. The van der Waals surface area contributed by atoms with Crippen molar-refractivity contribution in [3.05, 3.63) is 23.8 Å². The largest absolute Gasteiger partial charge is 0.449 e. The van der Waals surface area contributed by atoms with Crippen LogP contribution in [-0.4, -0.2) is 51.3 Å². The number of carbonyl (C=O) groups excluding carboxylic acids is 2. The van der Waals surface area contributed by atoms with Gasteiger partial charge in [0.05, 0.1) is 12.2 Å². The summed E-state index contributed by atoms with van der Waals surface area (Å²) in [4.78, 5) is 33.6. The summed E-state index contributed by atoms with van der Waals surface area (Å²) < 4.78 is 5.34. The molecule has 8 nitrogen and oxygen atoms in total. The third-order valence-corrected chi connectivity index (χ3v) is 5.21. The summed E-state index contributed by atoms with van der Waals surface area (Å²) in [6, 6.07) is 0.316. The Morgan fingerprint density at radius 3 is 2.73 bits per heavy atom. The van der Waals surface area contributed by atoms with Crippen molar-refractivity contribution in [2.75, 3.05) is 13.2 Å². The van der Waals surface area contributed by atoms with Crippen molar-refractivity contribution in [1.29, 1.82) is 0 Å². The predicted molar refractivity (Wildman–Crippen MR) is 92.5 cm³/mol. The molecule has 0 spiro atoms. The fourth-order valence-electron chi connectivity index (χ4n) is 3.81. The maximum atomic E-state index is 12.1. The monoisotopic (exact) mass is 362 g/mol. The van der Waals surface area contributed by atoms with Gasteiger partial charge in [0.1, 0.15) is 5.82 Å². The molecule has 3 unspecified atom stereocenters. The Labute approximate surface area is 152 Å². The molecule has 142 valence electrons. The molecule has 2 fully saturated rings. The topological polar surface area (TPSA) is 105 Å². The number of hydrogen-bond donors (Lipinski definition) is 2. The molecule has 2 amide bonds. The van der Waals surface area contributed by atoms with E-state index in [9.17, 15) is 9.59 Å². The third-order valence-electron chi connectivity index (χ3n) is 5.21. The average Bonchev–Trinajstić information content (AvgIpc) is 2.94. The van der Waals surface area contributed by atoms with E-state index >= 15 is 0 Å². The van der Waals surface area contributed by atoms with E-state index in [0.717, 1.165) is 32.2 Å². The number of amides is 2. The lowest BCUT2D eigenvalue weighted by atomic mass is 9.93. The van der Waals surface area contributed by atoms with Gasteiger partial charge in [-0.05, 0) is 37.0 Å². The Balaban J connectivity index is 1.44. The van der Waals surface area contributed by atoms with Crippen molar-refractivity contribution >= 4 is 12.0 Å². The Morgan fingerprint density at radius 1 is 1.35 bits per heavy atom. The molecule has 3 rings (SSSR count). The minimum Gasteiger partial charge on any atom is -0.449 e. The molecular formula is C18H26N4O4. The Kier molecular flexibility index (Phi) is 5.70. The zero-order valence-electron chi connectivity index (χ0n) is 15.2. The minimum atomic E-state index is -0.617. The van der Waals surface area contributed by atoms with Gasteiger partial charge >= 0.3 is 6.09 Å². The van der Waals surface area contributed by atoms with Gasteiger partial charge in [-0.15, -0.1) is 0 Å². The Hall–Kier alpha value is -2.22. The van der Waals surface area contributed by atoms with Crippen molar-refractivity contribution in [1.82, 2.24) is 20.3 Å². The van der Waals surface area contributed by atoms with Crippen LogP contribution in [0.4, 0.5) is 4.79 Å². The first-order chi connectivity index (χ1) is 12.5. The molecular weight excluding hydrogens is 336 g/mol. The van der Waals surface area contributed by atoms with Crippen LogP contribution in [0.3, 0.4) is 0 Å². The number of hydroxylamine groups is 1. The predicted octanol–water partition coefficient (Wildman–Crippen LogP) is 2.03. The summed E-state index contributed by atoms with van der Waals surface area (Å²) in [5.41, 5.74) is 1.79. The number of nitrogens with zero attached hydrogens (tertiary/aromatic N) is 3. The van der Waals surface area contributed by atoms with Gasteiger partial charge in [-0.1, -0.05) is 13.8 Å². The molecule has 1 aromatic heterocycles. The van der Waals surface area contributed by atoms with Crippen molar-refractivity contribution in [3.63, 3.8) is 0 Å². The number of rotatable bonds is 6. The highest BCUT2D eigenvalue weighted by atomic mass is 16.6. The first-order valence-corrected chi connectivity index (χ1v) is 9.16. The number of nitrogens with one attached hydrogen (secondary N) is 1. The molecule has 1 saturated carbocycles. The van der Waals surface area contributed by atoms with E-state index in [4.69, 9.17) is 9.94 Å². The first-order valence-electron chi connectivity index (χ1n) is 9.16. The zero-order chi connectivity index (χ0) is 18.7. The summed E-state index contributed by atoms with van der Waals surface area (Å²) >= 11 is 0. The van der Waals surface area contributed by atoms with Gasteiger partial charge in [-0.3, -0.25) is 10.0 Å². The number of aryl methyl sites for hydroxylation is 1. The third kappa shape index (κ3) is 4.12. The SMILES string of the molecule is CC(C)COC(=O)N1CC2CC(CCc3ncc(C(=O)NO)cn3)CC21. The van der Waals surface area contributed by atoms with E-state index in [1.165, 1.54) is 12.4 Å². The molecule has 1 saturated heterocycles. The Morgan fingerprint density at radius 2 is 2.08 bits per heavy atom. The minimum absolute atomic E-state index is 0.179. The van der Waals surface area contributed by atoms with Gasteiger partial charge in [0, 0.05) is 31.4 Å². The van der Waals surface area contributed by atoms with Crippen LogP contribution in [0.25, 0.3) is 0 Å². The van der Waals surface area contributed by atoms with E-state index in [1.807, 2.05) is 18.7 Å². The highest BCUT2D eigenvalue weighted by Crippen LogP contribution is 2.44. The number of carbonyl (C=O) groups is 2. The second-order valence-corrected chi connectivity index (χ2v) is 7.66. The maximum absolute atomic E-state index is 12.1. The molecule has 0 aromatic carbocycles. The molecule has 1 aliphatic heterocycles. The molecule has 8 heteroatoms. The van der Waals surface area contributed by atoms with E-state index in [0.29, 0.717) is 36.2 Å². The Bertz CT molecular complexity index is 649. The highest BCUT2D eigenvalue weighted by Gasteiger charge is 2.48. The number of hydrogen-bond acceptors (Lipinski definition) is 6. The van der Waals surface area contributed by atoms with E-state index in [-0.39, 0.29) is 11.7 Å². The lowest BCUT2D eigenvalue weighted by molar-refractivity contribution is 0.0163. The van der Waals surface area contributed by atoms with Gasteiger partial charge in [0.2, 0.25) is 0 Å². The zero-order valence-corrected chi connectivity index (χ0v) is 15.2. The summed E-state index contributed by atoms with van der Waals surface area (Å²) in [7, 11) is 0. The quantitative estimate of drug-likeness (QED) is 0.593. The second-order valence-electron chi connectivity index (χ2n) is 7.66. The number of ether oxygens (including phenoxy) is 1. The molecule has 3 atom stereocenters. The molecule has 2 aliphatic rings. The molecule has 1 aliphatic carbocycles. The standard InChI is InChI=1S/C18H26N4O4/c1-11(2)10-26-18(24)22-9-13-5-12(6-15(13)22)3-4-16-19-7-14(8-20-16)17(23)21-25/h7-8,11-13,15,25H,3-6,9-10H2,1-2H3,(H,21,23). The van der Waals surface area contributed by atoms with E-state index in [1.54, 1.807) is 5.48 Å². The lowest BCUT2D eigenvalue weighted by Crippen LogP contribution is -2.56. The van der Waals surface area contributed by atoms with Gasteiger partial charge in [0.25, 0.3) is 5.91 Å². The fourth-order valence-corrected chi connectivity index (χ4v) is 3.81. The van der Waals surface area contributed by atoms with Gasteiger partial charge in [-0.25, -0.2) is 20.2 Å². The van der Waals surface area contributed by atoms with Gasteiger partial charge in [0.15, 0.2) is 0 Å².